The SMILES string of the molecule is CCCC(C)(C)NCC(=O)OOC(=O)CNCC(C)C. The molecule has 0 rings (SSSR count). The normalized spacial score (nSPS) is 11.5. The second kappa shape index (κ2) is 9.72. The average Bonchev–Trinajstić information content (AvgIpc) is 2.33. The van der Waals surface area contributed by atoms with Gasteiger partial charge in [-0.05, 0) is 32.7 Å². The van der Waals surface area contributed by atoms with E-state index in [-0.39, 0.29) is 18.6 Å². The van der Waals surface area contributed by atoms with Gasteiger partial charge in [0.1, 0.15) is 0 Å². The van der Waals surface area contributed by atoms with Crippen LogP contribution in [0.2, 0.25) is 0 Å². The molecule has 0 aliphatic carbocycles. The second-order valence-corrected chi connectivity index (χ2v) is 5.92. The molecule has 20 heavy (non-hydrogen) atoms. The molecule has 0 amide bonds. The van der Waals surface area contributed by atoms with Crippen LogP contribution in [0.25, 0.3) is 0 Å². The van der Waals surface area contributed by atoms with Gasteiger partial charge in [-0.25, -0.2) is 19.4 Å². The van der Waals surface area contributed by atoms with Crippen LogP contribution in [-0.4, -0.2) is 37.1 Å². The number of carbonyl (C=O) groups is 2. The van der Waals surface area contributed by atoms with Crippen molar-refractivity contribution in [2.75, 3.05) is 19.6 Å². The molecule has 0 aliphatic rings. The minimum atomic E-state index is -0.605. The predicted molar refractivity (Wildman–Crippen MR) is 76.9 cm³/mol. The van der Waals surface area contributed by atoms with Gasteiger partial charge in [0.15, 0.2) is 0 Å². The Morgan fingerprint density at radius 2 is 1.65 bits per heavy atom. The predicted octanol–water partition coefficient (Wildman–Crippen LogP) is 1.40. The Morgan fingerprint density at radius 1 is 1.10 bits per heavy atom. The minimum absolute atomic E-state index is 0.0136. The lowest BCUT2D eigenvalue weighted by Gasteiger charge is -2.24. The molecule has 0 atom stereocenters. The van der Waals surface area contributed by atoms with Crippen molar-refractivity contribution >= 4 is 11.9 Å². The van der Waals surface area contributed by atoms with Crippen molar-refractivity contribution in [2.24, 2.45) is 5.92 Å². The Hall–Kier alpha value is -1.14. The van der Waals surface area contributed by atoms with Gasteiger partial charge in [0, 0.05) is 5.54 Å². The van der Waals surface area contributed by atoms with E-state index in [4.69, 9.17) is 0 Å². The number of rotatable bonds is 9. The Bertz CT molecular complexity index is 304. The molecule has 0 heterocycles. The lowest BCUT2D eigenvalue weighted by atomic mass is 9.99. The van der Waals surface area contributed by atoms with Gasteiger partial charge < -0.3 is 10.6 Å². The van der Waals surface area contributed by atoms with Crippen LogP contribution in [0.1, 0.15) is 47.5 Å². The average molecular weight is 288 g/mol. The molecule has 0 bridgehead atoms. The van der Waals surface area contributed by atoms with Gasteiger partial charge >= 0.3 is 11.9 Å². The number of carbonyl (C=O) groups excluding carboxylic acids is 2. The standard InChI is InChI=1S/C14H28N2O4/c1-6-7-14(4,5)16-10-13(18)20-19-12(17)9-15-8-11(2)3/h11,15-16H,6-10H2,1-5H3. The maximum absolute atomic E-state index is 11.4. The maximum Gasteiger partial charge on any atom is 0.369 e. The third-order valence-electron chi connectivity index (χ3n) is 2.64. The molecule has 0 aliphatic heterocycles. The fraction of sp³-hybridized carbons (Fsp3) is 0.857. The molecular formula is C14H28N2O4. The molecule has 6 heteroatoms. The number of hydrogen-bond acceptors (Lipinski definition) is 6. The third kappa shape index (κ3) is 10.8. The summed E-state index contributed by atoms with van der Waals surface area (Å²) in [5, 5.41) is 5.96. The van der Waals surface area contributed by atoms with E-state index in [0.717, 1.165) is 12.8 Å². The molecule has 0 unspecified atom stereocenters. The van der Waals surface area contributed by atoms with Crippen molar-refractivity contribution < 1.29 is 19.4 Å². The first kappa shape index (κ1) is 18.9. The minimum Gasteiger partial charge on any atom is -0.307 e. The van der Waals surface area contributed by atoms with Crippen molar-refractivity contribution in [1.29, 1.82) is 0 Å². The van der Waals surface area contributed by atoms with Crippen molar-refractivity contribution in [3.05, 3.63) is 0 Å². The highest BCUT2D eigenvalue weighted by Gasteiger charge is 2.18. The molecule has 2 N–H and O–H groups in total. The number of nitrogens with one attached hydrogen (secondary N) is 2. The summed E-state index contributed by atoms with van der Waals surface area (Å²) >= 11 is 0. The van der Waals surface area contributed by atoms with Crippen LogP contribution in [0.4, 0.5) is 0 Å². The van der Waals surface area contributed by atoms with Crippen molar-refractivity contribution in [2.45, 2.75) is 53.0 Å². The van der Waals surface area contributed by atoms with E-state index in [2.05, 4.69) is 27.3 Å². The van der Waals surface area contributed by atoms with Crippen molar-refractivity contribution in [3.63, 3.8) is 0 Å². The first-order valence-electron chi connectivity index (χ1n) is 7.12. The molecule has 0 aromatic carbocycles. The van der Waals surface area contributed by atoms with Crippen LogP contribution in [-0.2, 0) is 19.4 Å². The Balaban J connectivity index is 3.74. The molecule has 0 saturated heterocycles. The lowest BCUT2D eigenvalue weighted by Crippen LogP contribution is -2.42. The summed E-state index contributed by atoms with van der Waals surface area (Å²) in [6.45, 7) is 10.9. The van der Waals surface area contributed by atoms with Crippen molar-refractivity contribution in [3.8, 4) is 0 Å². The maximum atomic E-state index is 11.4. The second-order valence-electron chi connectivity index (χ2n) is 5.92. The summed E-state index contributed by atoms with van der Waals surface area (Å²) in [7, 11) is 0. The van der Waals surface area contributed by atoms with Gasteiger partial charge in [-0.3, -0.25) is 0 Å². The molecule has 0 aromatic rings. The topological polar surface area (TPSA) is 76.7 Å². The van der Waals surface area contributed by atoms with Crippen LogP contribution >= 0.6 is 0 Å². The summed E-state index contributed by atoms with van der Waals surface area (Å²) in [4.78, 5) is 31.5. The summed E-state index contributed by atoms with van der Waals surface area (Å²) in [6, 6.07) is 0. The first-order chi connectivity index (χ1) is 9.26. The quantitative estimate of drug-likeness (QED) is 0.493. The number of hydrogen-bond donors (Lipinski definition) is 2. The van der Waals surface area contributed by atoms with Gasteiger partial charge in [-0.2, -0.15) is 0 Å². The summed E-state index contributed by atoms with van der Waals surface area (Å²) in [6.07, 6.45) is 1.96. The van der Waals surface area contributed by atoms with E-state index < -0.39 is 11.9 Å². The molecule has 118 valence electrons. The van der Waals surface area contributed by atoms with Crippen LogP contribution in [0, 0.1) is 5.92 Å². The summed E-state index contributed by atoms with van der Waals surface area (Å²) < 4.78 is 0. The van der Waals surface area contributed by atoms with E-state index in [0.29, 0.717) is 12.5 Å². The van der Waals surface area contributed by atoms with Gasteiger partial charge in [-0.15, -0.1) is 0 Å². The van der Waals surface area contributed by atoms with E-state index in [9.17, 15) is 9.59 Å². The van der Waals surface area contributed by atoms with E-state index >= 15 is 0 Å². The molecule has 0 radical (unpaired) electrons. The van der Waals surface area contributed by atoms with Gasteiger partial charge in [0.05, 0.1) is 13.1 Å². The van der Waals surface area contributed by atoms with Gasteiger partial charge in [0.25, 0.3) is 0 Å². The molecule has 0 fully saturated rings. The van der Waals surface area contributed by atoms with Crippen LogP contribution in [0.15, 0.2) is 0 Å². The monoisotopic (exact) mass is 288 g/mol. The van der Waals surface area contributed by atoms with E-state index in [1.165, 1.54) is 0 Å². The summed E-state index contributed by atoms with van der Waals surface area (Å²) in [5.74, 6) is -0.770. The zero-order chi connectivity index (χ0) is 15.6. The molecule has 0 spiro atoms. The van der Waals surface area contributed by atoms with E-state index in [1.807, 2.05) is 27.7 Å². The van der Waals surface area contributed by atoms with Crippen LogP contribution < -0.4 is 10.6 Å². The molecule has 6 nitrogen and oxygen atoms in total. The lowest BCUT2D eigenvalue weighted by molar-refractivity contribution is -0.257. The van der Waals surface area contributed by atoms with Crippen molar-refractivity contribution in [1.82, 2.24) is 10.6 Å². The van der Waals surface area contributed by atoms with E-state index in [1.54, 1.807) is 0 Å². The van der Waals surface area contributed by atoms with Crippen LogP contribution in [0.3, 0.4) is 0 Å². The Kier molecular flexibility index (Phi) is 9.16. The summed E-state index contributed by atoms with van der Waals surface area (Å²) in [5.41, 5.74) is -0.142. The highest BCUT2D eigenvalue weighted by molar-refractivity contribution is 5.75. The Labute approximate surface area is 121 Å². The van der Waals surface area contributed by atoms with Gasteiger partial charge in [-0.1, -0.05) is 27.2 Å². The first-order valence-corrected chi connectivity index (χ1v) is 7.12. The highest BCUT2D eigenvalue weighted by atomic mass is 17.2. The fourth-order valence-electron chi connectivity index (χ4n) is 1.64. The highest BCUT2D eigenvalue weighted by Crippen LogP contribution is 2.09. The zero-order valence-corrected chi connectivity index (χ0v) is 13.2. The third-order valence-corrected chi connectivity index (χ3v) is 2.64. The Morgan fingerprint density at radius 3 is 2.15 bits per heavy atom. The van der Waals surface area contributed by atoms with Gasteiger partial charge in [0.2, 0.25) is 0 Å². The molecular weight excluding hydrogens is 260 g/mol. The smallest absolute Gasteiger partial charge is 0.307 e. The largest absolute Gasteiger partial charge is 0.369 e. The molecule has 0 saturated carbocycles. The molecule has 0 aromatic heterocycles. The van der Waals surface area contributed by atoms with Crippen LogP contribution in [0.5, 0.6) is 0 Å². The zero-order valence-electron chi connectivity index (χ0n) is 13.2. The fourth-order valence-corrected chi connectivity index (χ4v) is 1.64.